The Morgan fingerprint density at radius 3 is 2.79 bits per heavy atom. The molecule has 0 bridgehead atoms. The molecule has 1 aromatic rings. The molecule has 19 heavy (non-hydrogen) atoms. The first-order chi connectivity index (χ1) is 8.95. The number of amides is 1. The van der Waals surface area contributed by atoms with Gasteiger partial charge < -0.3 is 10.1 Å². The Morgan fingerprint density at radius 2 is 2.21 bits per heavy atom. The van der Waals surface area contributed by atoms with E-state index in [9.17, 15) is 13.2 Å². The first-order valence-electron chi connectivity index (χ1n) is 5.46. The molecule has 0 radical (unpaired) electrons. The quantitative estimate of drug-likeness (QED) is 0.667. The molecule has 6 nitrogen and oxygen atoms in total. The minimum absolute atomic E-state index is 0.173. The molecule has 0 unspecified atom stereocenters. The van der Waals surface area contributed by atoms with Gasteiger partial charge in [0.2, 0.25) is 5.91 Å². The lowest BCUT2D eigenvalue weighted by Crippen LogP contribution is -2.37. The normalized spacial score (nSPS) is 11.5. The zero-order chi connectivity index (χ0) is 14.3. The van der Waals surface area contributed by atoms with Crippen molar-refractivity contribution in [3.8, 4) is 0 Å². The molecule has 1 aromatic heterocycles. The van der Waals surface area contributed by atoms with Crippen LogP contribution < -0.4 is 10.0 Å². The van der Waals surface area contributed by atoms with Gasteiger partial charge in [-0.2, -0.15) is 0 Å². The zero-order valence-electron chi connectivity index (χ0n) is 10.3. The van der Waals surface area contributed by atoms with Gasteiger partial charge in [-0.25, -0.2) is 13.1 Å². The fourth-order valence-corrected chi connectivity index (χ4v) is 4.22. The van der Waals surface area contributed by atoms with Crippen LogP contribution in [0, 0.1) is 0 Å². The standard InChI is InChI=1S/C10H15BrN2O4S2/c1-17-6-2-5-12-9(14)7-13-19(15,16)10-4-3-8(11)18-10/h3-4,13H,2,5-7H2,1H3,(H,12,14). The van der Waals surface area contributed by atoms with Crippen LogP contribution in [0.4, 0.5) is 0 Å². The Balaban J connectivity index is 2.37. The third-order valence-corrected chi connectivity index (χ3v) is 5.60. The summed E-state index contributed by atoms with van der Waals surface area (Å²) < 4.78 is 31.6. The van der Waals surface area contributed by atoms with Crippen molar-refractivity contribution in [2.24, 2.45) is 0 Å². The molecular weight excluding hydrogens is 356 g/mol. The molecule has 0 spiro atoms. The molecule has 0 saturated heterocycles. The molecule has 1 rings (SSSR count). The second-order valence-corrected chi connectivity index (χ2v) is 8.04. The Kier molecular flexibility index (Phi) is 6.94. The molecule has 1 amide bonds. The number of rotatable bonds is 8. The van der Waals surface area contributed by atoms with E-state index in [2.05, 4.69) is 26.0 Å². The SMILES string of the molecule is COCCCNC(=O)CNS(=O)(=O)c1ccc(Br)s1. The lowest BCUT2D eigenvalue weighted by molar-refractivity contribution is -0.120. The van der Waals surface area contributed by atoms with Gasteiger partial charge in [0.15, 0.2) is 0 Å². The lowest BCUT2D eigenvalue weighted by atomic mass is 10.4. The zero-order valence-corrected chi connectivity index (χ0v) is 13.5. The summed E-state index contributed by atoms with van der Waals surface area (Å²) >= 11 is 4.28. The van der Waals surface area contributed by atoms with E-state index in [0.717, 1.165) is 15.1 Å². The minimum atomic E-state index is -3.62. The van der Waals surface area contributed by atoms with Crippen molar-refractivity contribution >= 4 is 43.2 Å². The average molecular weight is 371 g/mol. The highest BCUT2D eigenvalue weighted by Crippen LogP contribution is 2.25. The Labute approximate surface area is 124 Å². The Bertz CT molecular complexity index is 515. The number of thiophene rings is 1. The third-order valence-electron chi connectivity index (χ3n) is 2.08. The molecule has 1 heterocycles. The van der Waals surface area contributed by atoms with Gasteiger partial charge in [-0.15, -0.1) is 11.3 Å². The van der Waals surface area contributed by atoms with E-state index >= 15 is 0 Å². The van der Waals surface area contributed by atoms with E-state index in [1.165, 1.54) is 6.07 Å². The van der Waals surface area contributed by atoms with E-state index in [1.54, 1.807) is 13.2 Å². The predicted octanol–water partition coefficient (Wildman–Crippen LogP) is 0.942. The average Bonchev–Trinajstić information content (AvgIpc) is 2.80. The molecule has 0 aliphatic carbocycles. The van der Waals surface area contributed by atoms with Crippen LogP contribution in [0.3, 0.4) is 0 Å². The van der Waals surface area contributed by atoms with Gasteiger partial charge in [0, 0.05) is 20.3 Å². The Morgan fingerprint density at radius 1 is 1.47 bits per heavy atom. The number of methoxy groups -OCH3 is 1. The van der Waals surface area contributed by atoms with Gasteiger partial charge in [0.1, 0.15) is 4.21 Å². The van der Waals surface area contributed by atoms with E-state index in [0.29, 0.717) is 19.6 Å². The number of nitrogens with one attached hydrogen (secondary N) is 2. The maximum Gasteiger partial charge on any atom is 0.250 e. The summed E-state index contributed by atoms with van der Waals surface area (Å²) in [5, 5.41) is 2.59. The van der Waals surface area contributed by atoms with Crippen LogP contribution in [-0.2, 0) is 19.6 Å². The van der Waals surface area contributed by atoms with Crippen molar-refractivity contribution in [2.75, 3.05) is 26.8 Å². The molecule has 0 aliphatic heterocycles. The van der Waals surface area contributed by atoms with Crippen LogP contribution in [0.2, 0.25) is 0 Å². The molecule has 0 aromatic carbocycles. The van der Waals surface area contributed by atoms with Gasteiger partial charge in [0.25, 0.3) is 10.0 Å². The van der Waals surface area contributed by atoms with E-state index in [4.69, 9.17) is 4.74 Å². The fourth-order valence-electron chi connectivity index (χ4n) is 1.18. The van der Waals surface area contributed by atoms with Gasteiger partial charge in [-0.05, 0) is 34.5 Å². The van der Waals surface area contributed by atoms with Crippen LogP contribution in [0.5, 0.6) is 0 Å². The number of halogens is 1. The fraction of sp³-hybridized carbons (Fsp3) is 0.500. The van der Waals surface area contributed by atoms with Crippen LogP contribution in [0.1, 0.15) is 6.42 Å². The molecule has 2 N–H and O–H groups in total. The highest BCUT2D eigenvalue weighted by molar-refractivity contribution is 9.11. The molecule has 0 atom stereocenters. The van der Waals surface area contributed by atoms with Crippen molar-refractivity contribution in [3.05, 3.63) is 15.9 Å². The molecular formula is C10H15BrN2O4S2. The van der Waals surface area contributed by atoms with Crippen LogP contribution in [-0.4, -0.2) is 41.1 Å². The van der Waals surface area contributed by atoms with E-state index in [1.807, 2.05) is 0 Å². The van der Waals surface area contributed by atoms with E-state index < -0.39 is 10.0 Å². The first kappa shape index (κ1) is 16.6. The summed E-state index contributed by atoms with van der Waals surface area (Å²) in [6.45, 7) is 0.735. The summed E-state index contributed by atoms with van der Waals surface area (Å²) in [5.41, 5.74) is 0. The molecule has 0 aliphatic rings. The maximum absolute atomic E-state index is 11.8. The predicted molar refractivity (Wildman–Crippen MR) is 76.7 cm³/mol. The van der Waals surface area contributed by atoms with Gasteiger partial charge in [-0.1, -0.05) is 0 Å². The summed E-state index contributed by atoms with van der Waals surface area (Å²) in [5.74, 6) is -0.365. The first-order valence-corrected chi connectivity index (χ1v) is 8.55. The van der Waals surface area contributed by atoms with Crippen molar-refractivity contribution in [3.63, 3.8) is 0 Å². The smallest absolute Gasteiger partial charge is 0.250 e. The lowest BCUT2D eigenvalue weighted by Gasteiger charge is -2.06. The second kappa shape index (κ2) is 7.95. The number of carbonyl (C=O) groups is 1. The minimum Gasteiger partial charge on any atom is -0.385 e. The van der Waals surface area contributed by atoms with Crippen molar-refractivity contribution in [1.29, 1.82) is 0 Å². The van der Waals surface area contributed by atoms with Gasteiger partial charge in [-0.3, -0.25) is 4.79 Å². The molecule has 108 valence electrons. The third kappa shape index (κ3) is 6.00. The van der Waals surface area contributed by atoms with Crippen LogP contribution in [0.15, 0.2) is 20.1 Å². The molecule has 9 heteroatoms. The second-order valence-electron chi connectivity index (χ2n) is 3.58. The molecule has 0 saturated carbocycles. The number of carbonyl (C=O) groups excluding carboxylic acids is 1. The topological polar surface area (TPSA) is 84.5 Å². The summed E-state index contributed by atoms with van der Waals surface area (Å²) in [4.78, 5) is 11.4. The number of hydrogen-bond donors (Lipinski definition) is 2. The van der Waals surface area contributed by atoms with Crippen molar-refractivity contribution in [1.82, 2.24) is 10.0 Å². The van der Waals surface area contributed by atoms with Gasteiger partial charge >= 0.3 is 0 Å². The van der Waals surface area contributed by atoms with Crippen LogP contribution >= 0.6 is 27.3 Å². The summed E-state index contributed by atoms with van der Waals surface area (Å²) in [6, 6.07) is 3.12. The monoisotopic (exact) mass is 370 g/mol. The van der Waals surface area contributed by atoms with Crippen molar-refractivity contribution < 1.29 is 17.9 Å². The van der Waals surface area contributed by atoms with E-state index in [-0.39, 0.29) is 16.7 Å². The summed E-state index contributed by atoms with van der Waals surface area (Å²) in [7, 11) is -2.04. The number of hydrogen-bond acceptors (Lipinski definition) is 5. The highest BCUT2D eigenvalue weighted by Gasteiger charge is 2.17. The Hall–Kier alpha value is -0.480. The largest absolute Gasteiger partial charge is 0.385 e. The van der Waals surface area contributed by atoms with Crippen LogP contribution in [0.25, 0.3) is 0 Å². The molecule has 0 fully saturated rings. The maximum atomic E-state index is 11.8. The number of ether oxygens (including phenoxy) is 1. The summed E-state index contributed by atoms with van der Waals surface area (Å²) in [6.07, 6.45) is 0.687. The van der Waals surface area contributed by atoms with Crippen molar-refractivity contribution in [2.45, 2.75) is 10.6 Å². The number of sulfonamides is 1. The van der Waals surface area contributed by atoms with Gasteiger partial charge in [0.05, 0.1) is 10.3 Å². The highest BCUT2D eigenvalue weighted by atomic mass is 79.9.